The summed E-state index contributed by atoms with van der Waals surface area (Å²) < 4.78 is 12.0. The van der Waals surface area contributed by atoms with Crippen molar-refractivity contribution in [3.8, 4) is 5.75 Å². The number of ether oxygens (including phenoxy) is 1. The molecule has 1 aromatic heterocycles. The number of non-ortho nitro benzene ring substituents is 1. The summed E-state index contributed by atoms with van der Waals surface area (Å²) in [5, 5.41) is 10.7. The second-order valence-corrected chi connectivity index (χ2v) is 4.59. The first-order valence-electron chi connectivity index (χ1n) is 6.61. The van der Waals surface area contributed by atoms with Crippen LogP contribution in [0, 0.1) is 10.1 Å². The van der Waals surface area contributed by atoms with E-state index in [2.05, 4.69) is 0 Å². The number of benzene rings is 2. The van der Waals surface area contributed by atoms with Crippen molar-refractivity contribution < 1.29 is 14.1 Å². The van der Waals surface area contributed by atoms with Gasteiger partial charge < -0.3 is 9.15 Å². The van der Waals surface area contributed by atoms with Gasteiger partial charge in [-0.1, -0.05) is 18.2 Å². The predicted octanol–water partition coefficient (Wildman–Crippen LogP) is 2.58. The summed E-state index contributed by atoms with van der Waals surface area (Å²) in [5.74, 6) is -0.0705. The first-order chi connectivity index (χ1) is 10.6. The molecule has 0 spiro atoms. The minimum absolute atomic E-state index is 0.0385. The molecule has 0 N–H and O–H groups in total. The standard InChI is InChI=1S/C15H12N2O5/c18-15-16(13-6-1-2-7-14(13)22-15)8-9-21-12-5-3-4-11(10-12)17(19)20/h1-7,10H,8-9H2. The summed E-state index contributed by atoms with van der Waals surface area (Å²) in [4.78, 5) is 22.0. The fraction of sp³-hybridized carbons (Fsp3) is 0.133. The number of aromatic nitrogens is 1. The number of para-hydroxylation sites is 2. The zero-order valence-corrected chi connectivity index (χ0v) is 11.5. The first-order valence-corrected chi connectivity index (χ1v) is 6.61. The molecule has 7 nitrogen and oxygen atoms in total. The van der Waals surface area contributed by atoms with Gasteiger partial charge in [0.1, 0.15) is 12.4 Å². The molecule has 2 aromatic carbocycles. The van der Waals surface area contributed by atoms with Crippen molar-refractivity contribution in [2.24, 2.45) is 0 Å². The van der Waals surface area contributed by atoms with Gasteiger partial charge in [-0.25, -0.2) is 4.79 Å². The van der Waals surface area contributed by atoms with E-state index < -0.39 is 10.7 Å². The Morgan fingerprint density at radius 2 is 2.00 bits per heavy atom. The average Bonchev–Trinajstić information content (AvgIpc) is 2.84. The highest BCUT2D eigenvalue weighted by molar-refractivity contribution is 5.72. The maximum atomic E-state index is 11.8. The second kappa shape index (κ2) is 5.72. The summed E-state index contributed by atoms with van der Waals surface area (Å²) in [5.41, 5.74) is 1.17. The Morgan fingerprint density at radius 1 is 1.18 bits per heavy atom. The lowest BCUT2D eigenvalue weighted by Gasteiger charge is -2.06. The normalized spacial score (nSPS) is 10.7. The van der Waals surface area contributed by atoms with Gasteiger partial charge in [0, 0.05) is 6.07 Å². The fourth-order valence-electron chi connectivity index (χ4n) is 2.17. The minimum Gasteiger partial charge on any atom is -0.491 e. The molecule has 0 saturated heterocycles. The molecule has 22 heavy (non-hydrogen) atoms. The van der Waals surface area contributed by atoms with Crippen molar-refractivity contribution in [2.45, 2.75) is 6.54 Å². The van der Waals surface area contributed by atoms with Crippen LogP contribution in [0.25, 0.3) is 11.1 Å². The zero-order valence-electron chi connectivity index (χ0n) is 11.5. The Hall–Kier alpha value is -3.09. The second-order valence-electron chi connectivity index (χ2n) is 4.59. The van der Waals surface area contributed by atoms with E-state index in [1.54, 1.807) is 30.3 Å². The number of oxazole rings is 1. The molecule has 0 unspecified atom stereocenters. The van der Waals surface area contributed by atoms with Gasteiger partial charge in [-0.05, 0) is 18.2 Å². The minimum atomic E-state index is -0.485. The van der Waals surface area contributed by atoms with Gasteiger partial charge >= 0.3 is 5.76 Å². The molecule has 0 saturated carbocycles. The molecular formula is C15H12N2O5. The van der Waals surface area contributed by atoms with Crippen molar-refractivity contribution in [1.82, 2.24) is 4.57 Å². The van der Waals surface area contributed by atoms with Crippen LogP contribution in [0.3, 0.4) is 0 Å². The monoisotopic (exact) mass is 300 g/mol. The number of nitro benzene ring substituents is 1. The van der Waals surface area contributed by atoms with E-state index >= 15 is 0 Å². The average molecular weight is 300 g/mol. The van der Waals surface area contributed by atoms with Crippen LogP contribution in [0.2, 0.25) is 0 Å². The quantitative estimate of drug-likeness (QED) is 0.534. The zero-order chi connectivity index (χ0) is 15.5. The molecule has 0 aliphatic heterocycles. The predicted molar refractivity (Wildman–Crippen MR) is 79.1 cm³/mol. The lowest BCUT2D eigenvalue weighted by molar-refractivity contribution is -0.384. The van der Waals surface area contributed by atoms with Gasteiger partial charge in [0.05, 0.1) is 23.1 Å². The van der Waals surface area contributed by atoms with Gasteiger partial charge in [-0.2, -0.15) is 0 Å². The number of nitrogens with zero attached hydrogens (tertiary/aromatic N) is 2. The van der Waals surface area contributed by atoms with Crippen molar-refractivity contribution >= 4 is 16.8 Å². The Kier molecular flexibility index (Phi) is 3.61. The van der Waals surface area contributed by atoms with E-state index in [1.165, 1.54) is 16.7 Å². The molecule has 0 fully saturated rings. The van der Waals surface area contributed by atoms with Crippen LogP contribution in [-0.2, 0) is 6.54 Å². The molecular weight excluding hydrogens is 288 g/mol. The third-order valence-electron chi connectivity index (χ3n) is 3.19. The lowest BCUT2D eigenvalue weighted by atomic mass is 10.3. The van der Waals surface area contributed by atoms with Crippen LogP contribution in [0.5, 0.6) is 5.75 Å². The highest BCUT2D eigenvalue weighted by Gasteiger charge is 2.09. The van der Waals surface area contributed by atoms with Crippen molar-refractivity contribution in [3.05, 3.63) is 69.2 Å². The Bertz CT molecular complexity index is 881. The molecule has 0 radical (unpaired) electrons. The molecule has 3 rings (SSSR count). The molecule has 3 aromatic rings. The van der Waals surface area contributed by atoms with Gasteiger partial charge in [0.25, 0.3) is 5.69 Å². The van der Waals surface area contributed by atoms with Crippen LogP contribution in [0.1, 0.15) is 0 Å². The molecule has 0 aliphatic carbocycles. The molecule has 7 heteroatoms. The smallest absolute Gasteiger partial charge is 0.420 e. The van der Waals surface area contributed by atoms with Crippen molar-refractivity contribution in [1.29, 1.82) is 0 Å². The van der Waals surface area contributed by atoms with E-state index in [-0.39, 0.29) is 12.3 Å². The van der Waals surface area contributed by atoms with Crippen LogP contribution >= 0.6 is 0 Å². The molecule has 0 aliphatic rings. The molecule has 1 heterocycles. The number of rotatable bonds is 5. The van der Waals surface area contributed by atoms with E-state index in [0.29, 0.717) is 23.4 Å². The highest BCUT2D eigenvalue weighted by Crippen LogP contribution is 2.19. The van der Waals surface area contributed by atoms with E-state index in [0.717, 1.165) is 0 Å². The molecule has 0 atom stereocenters. The first kappa shape index (κ1) is 13.9. The van der Waals surface area contributed by atoms with Crippen LogP contribution in [0.15, 0.2) is 57.7 Å². The van der Waals surface area contributed by atoms with Gasteiger partial charge in [0.2, 0.25) is 0 Å². The summed E-state index contributed by atoms with van der Waals surface area (Å²) in [6.45, 7) is 0.489. The third kappa shape index (κ3) is 2.69. The number of hydrogen-bond acceptors (Lipinski definition) is 5. The Balaban J connectivity index is 1.73. The van der Waals surface area contributed by atoms with Crippen LogP contribution < -0.4 is 10.5 Å². The number of nitro groups is 1. The van der Waals surface area contributed by atoms with E-state index in [1.807, 2.05) is 6.07 Å². The van der Waals surface area contributed by atoms with Gasteiger partial charge in [0.15, 0.2) is 5.58 Å². The SMILES string of the molecule is O=c1oc2ccccc2n1CCOc1cccc([N+](=O)[O-])c1. The summed E-state index contributed by atoms with van der Waals surface area (Å²) in [6.07, 6.45) is 0. The summed E-state index contributed by atoms with van der Waals surface area (Å²) in [6, 6.07) is 13.0. The van der Waals surface area contributed by atoms with Crippen LogP contribution in [-0.4, -0.2) is 16.1 Å². The van der Waals surface area contributed by atoms with Gasteiger partial charge in [-0.15, -0.1) is 0 Å². The maximum Gasteiger partial charge on any atom is 0.420 e. The number of fused-ring (bicyclic) bond motifs is 1. The maximum absolute atomic E-state index is 11.8. The lowest BCUT2D eigenvalue weighted by Crippen LogP contribution is -2.18. The Labute approximate surface area is 124 Å². The topological polar surface area (TPSA) is 87.5 Å². The molecule has 0 amide bonds. The summed E-state index contributed by atoms with van der Waals surface area (Å²) >= 11 is 0. The van der Waals surface area contributed by atoms with Gasteiger partial charge in [-0.3, -0.25) is 14.7 Å². The highest BCUT2D eigenvalue weighted by atomic mass is 16.6. The molecule has 0 bridgehead atoms. The largest absolute Gasteiger partial charge is 0.491 e. The van der Waals surface area contributed by atoms with Crippen molar-refractivity contribution in [2.75, 3.05) is 6.61 Å². The number of hydrogen-bond donors (Lipinski definition) is 0. The van der Waals surface area contributed by atoms with E-state index in [4.69, 9.17) is 9.15 Å². The third-order valence-corrected chi connectivity index (χ3v) is 3.19. The Morgan fingerprint density at radius 3 is 2.82 bits per heavy atom. The molecule has 112 valence electrons. The van der Waals surface area contributed by atoms with E-state index in [9.17, 15) is 14.9 Å². The van der Waals surface area contributed by atoms with Crippen molar-refractivity contribution in [3.63, 3.8) is 0 Å². The summed E-state index contributed by atoms with van der Waals surface area (Å²) in [7, 11) is 0. The fourth-order valence-corrected chi connectivity index (χ4v) is 2.17. The van der Waals surface area contributed by atoms with Crippen LogP contribution in [0.4, 0.5) is 5.69 Å².